The van der Waals surface area contributed by atoms with Crippen LogP contribution in [0.15, 0.2) is 77.9 Å². The molecule has 3 aliphatic rings. The molecule has 0 heterocycles. The normalized spacial score (nSPS) is 23.4. The molecule has 3 aliphatic carbocycles. The van der Waals surface area contributed by atoms with E-state index in [0.29, 0.717) is 5.92 Å². The second-order valence-corrected chi connectivity index (χ2v) is 5.31. The van der Waals surface area contributed by atoms with Crippen molar-refractivity contribution in [2.24, 2.45) is 0 Å². The molecular weight excluding hydrogens is 228 g/mol. The van der Waals surface area contributed by atoms with Crippen LogP contribution in [0.3, 0.4) is 0 Å². The minimum absolute atomic E-state index is 0.548. The van der Waals surface area contributed by atoms with Gasteiger partial charge in [-0.3, -0.25) is 0 Å². The molecule has 0 nitrogen and oxygen atoms in total. The summed E-state index contributed by atoms with van der Waals surface area (Å²) in [4.78, 5) is 0. The van der Waals surface area contributed by atoms with Crippen molar-refractivity contribution in [2.75, 3.05) is 0 Å². The Labute approximate surface area is 114 Å². The van der Waals surface area contributed by atoms with Crippen LogP contribution < -0.4 is 0 Å². The first-order valence-corrected chi connectivity index (χ1v) is 6.98. The SMILES string of the molecule is C1=CC=C2CC=CCC3C2=C(C=C1)c1ccccc13. The van der Waals surface area contributed by atoms with Crippen molar-refractivity contribution < 1.29 is 0 Å². The molecule has 0 N–H and O–H groups in total. The van der Waals surface area contributed by atoms with Crippen molar-refractivity contribution in [2.45, 2.75) is 18.8 Å². The minimum Gasteiger partial charge on any atom is -0.0873 e. The van der Waals surface area contributed by atoms with Gasteiger partial charge in [0.15, 0.2) is 0 Å². The molecule has 0 aliphatic heterocycles. The number of benzene rings is 1. The van der Waals surface area contributed by atoms with Gasteiger partial charge in [-0.05, 0) is 40.7 Å². The van der Waals surface area contributed by atoms with E-state index in [2.05, 4.69) is 66.8 Å². The van der Waals surface area contributed by atoms with Gasteiger partial charge in [0.25, 0.3) is 0 Å². The summed E-state index contributed by atoms with van der Waals surface area (Å²) in [5.41, 5.74) is 7.38. The van der Waals surface area contributed by atoms with Gasteiger partial charge in [-0.2, -0.15) is 0 Å². The van der Waals surface area contributed by atoms with Crippen molar-refractivity contribution >= 4 is 5.57 Å². The molecule has 0 fully saturated rings. The zero-order valence-electron chi connectivity index (χ0n) is 10.8. The van der Waals surface area contributed by atoms with Crippen molar-refractivity contribution in [1.29, 1.82) is 0 Å². The third-order valence-corrected chi connectivity index (χ3v) is 4.27. The van der Waals surface area contributed by atoms with Crippen LogP contribution in [0.25, 0.3) is 5.57 Å². The lowest BCUT2D eigenvalue weighted by atomic mass is 9.88. The summed E-state index contributed by atoms with van der Waals surface area (Å²) >= 11 is 0. The van der Waals surface area contributed by atoms with Crippen LogP contribution in [-0.4, -0.2) is 0 Å². The quantitative estimate of drug-likeness (QED) is 0.567. The minimum atomic E-state index is 0.548. The molecule has 0 amide bonds. The van der Waals surface area contributed by atoms with Gasteiger partial charge in [0.2, 0.25) is 0 Å². The number of fused-ring (bicyclic) bond motifs is 3. The second kappa shape index (κ2) is 4.24. The number of allylic oxidation sites excluding steroid dienone is 10. The van der Waals surface area contributed by atoms with E-state index >= 15 is 0 Å². The molecule has 19 heavy (non-hydrogen) atoms. The van der Waals surface area contributed by atoms with E-state index in [0.717, 1.165) is 12.8 Å². The molecule has 0 bridgehead atoms. The van der Waals surface area contributed by atoms with Crippen LogP contribution >= 0.6 is 0 Å². The van der Waals surface area contributed by atoms with Gasteiger partial charge in [-0.25, -0.2) is 0 Å². The fourth-order valence-electron chi connectivity index (χ4n) is 3.45. The van der Waals surface area contributed by atoms with Gasteiger partial charge >= 0.3 is 0 Å². The first-order chi connectivity index (χ1) is 9.45. The van der Waals surface area contributed by atoms with Crippen LogP contribution in [-0.2, 0) is 0 Å². The molecule has 0 saturated heterocycles. The van der Waals surface area contributed by atoms with E-state index in [-0.39, 0.29) is 0 Å². The summed E-state index contributed by atoms with van der Waals surface area (Å²) in [6, 6.07) is 8.88. The van der Waals surface area contributed by atoms with E-state index in [1.807, 2.05) is 0 Å². The number of rotatable bonds is 0. The van der Waals surface area contributed by atoms with Crippen LogP contribution in [0.4, 0.5) is 0 Å². The predicted octanol–water partition coefficient (Wildman–Crippen LogP) is 4.94. The van der Waals surface area contributed by atoms with E-state index in [4.69, 9.17) is 0 Å². The van der Waals surface area contributed by atoms with E-state index in [1.165, 1.54) is 22.3 Å². The Morgan fingerprint density at radius 3 is 2.89 bits per heavy atom. The molecule has 0 spiro atoms. The van der Waals surface area contributed by atoms with Crippen molar-refractivity contribution in [1.82, 2.24) is 0 Å². The lowest BCUT2D eigenvalue weighted by molar-refractivity contribution is 0.842. The topological polar surface area (TPSA) is 0 Å². The Morgan fingerprint density at radius 1 is 0.947 bits per heavy atom. The maximum Gasteiger partial charge on any atom is 0.0139 e. The summed E-state index contributed by atoms with van der Waals surface area (Å²) < 4.78 is 0. The first kappa shape index (κ1) is 10.8. The van der Waals surface area contributed by atoms with Crippen LogP contribution in [0, 0.1) is 0 Å². The fourth-order valence-corrected chi connectivity index (χ4v) is 3.45. The number of hydrogen-bond donors (Lipinski definition) is 0. The van der Waals surface area contributed by atoms with E-state index < -0.39 is 0 Å². The summed E-state index contributed by atoms with van der Waals surface area (Å²) in [6.45, 7) is 0. The van der Waals surface area contributed by atoms with Crippen LogP contribution in [0.5, 0.6) is 0 Å². The monoisotopic (exact) mass is 244 g/mol. The molecule has 1 aromatic carbocycles. The highest BCUT2D eigenvalue weighted by Crippen LogP contribution is 2.49. The number of hydrogen-bond acceptors (Lipinski definition) is 0. The van der Waals surface area contributed by atoms with E-state index in [9.17, 15) is 0 Å². The van der Waals surface area contributed by atoms with Crippen molar-refractivity contribution in [3.8, 4) is 0 Å². The van der Waals surface area contributed by atoms with Gasteiger partial charge in [0.1, 0.15) is 0 Å². The average molecular weight is 244 g/mol. The maximum absolute atomic E-state index is 2.34. The first-order valence-electron chi connectivity index (χ1n) is 6.98. The lowest BCUT2D eigenvalue weighted by Crippen LogP contribution is -1.99. The third-order valence-electron chi connectivity index (χ3n) is 4.27. The predicted molar refractivity (Wildman–Crippen MR) is 80.8 cm³/mol. The standard InChI is InChI=1S/C19H16/c1-2-8-14-9-4-5-13-18-16-11-7-6-10-15(16)17(12-3-1)19(14)18/h1-8,10-12,18H,9,13H2. The zero-order chi connectivity index (χ0) is 12.7. The molecular formula is C19H16. The van der Waals surface area contributed by atoms with Gasteiger partial charge < -0.3 is 0 Å². The molecule has 4 rings (SSSR count). The highest BCUT2D eigenvalue weighted by molar-refractivity contribution is 5.88. The molecule has 92 valence electrons. The molecule has 1 aromatic rings. The average Bonchev–Trinajstić information content (AvgIpc) is 2.58. The fraction of sp³-hybridized carbons (Fsp3) is 0.158. The van der Waals surface area contributed by atoms with E-state index in [1.54, 1.807) is 5.57 Å². The van der Waals surface area contributed by atoms with Crippen molar-refractivity contribution in [3.05, 3.63) is 89.1 Å². The summed E-state index contributed by atoms with van der Waals surface area (Å²) in [5.74, 6) is 0.548. The van der Waals surface area contributed by atoms with Gasteiger partial charge in [0.05, 0.1) is 0 Å². The Balaban J connectivity index is 2.01. The van der Waals surface area contributed by atoms with Gasteiger partial charge in [-0.15, -0.1) is 0 Å². The maximum atomic E-state index is 2.34. The van der Waals surface area contributed by atoms with Crippen molar-refractivity contribution in [3.63, 3.8) is 0 Å². The summed E-state index contributed by atoms with van der Waals surface area (Å²) in [5, 5.41) is 0. The Bertz CT molecular complexity index is 678. The highest BCUT2D eigenvalue weighted by Gasteiger charge is 2.31. The van der Waals surface area contributed by atoms with Gasteiger partial charge in [-0.1, -0.05) is 66.8 Å². The molecule has 0 saturated carbocycles. The Morgan fingerprint density at radius 2 is 1.89 bits per heavy atom. The van der Waals surface area contributed by atoms with Gasteiger partial charge in [0, 0.05) is 5.92 Å². The second-order valence-electron chi connectivity index (χ2n) is 5.31. The summed E-state index contributed by atoms with van der Waals surface area (Å²) in [7, 11) is 0. The molecule has 1 atom stereocenters. The molecule has 1 unspecified atom stereocenters. The highest BCUT2D eigenvalue weighted by atomic mass is 14.3. The zero-order valence-corrected chi connectivity index (χ0v) is 10.8. The van der Waals surface area contributed by atoms with Crippen LogP contribution in [0.2, 0.25) is 0 Å². The third kappa shape index (κ3) is 1.60. The lowest BCUT2D eigenvalue weighted by Gasteiger charge is -2.15. The molecule has 0 heteroatoms. The molecule has 0 aromatic heterocycles. The Kier molecular flexibility index (Phi) is 2.41. The largest absolute Gasteiger partial charge is 0.0873 e. The smallest absolute Gasteiger partial charge is 0.0139 e. The van der Waals surface area contributed by atoms with Crippen LogP contribution in [0.1, 0.15) is 29.9 Å². The molecule has 0 radical (unpaired) electrons. The Hall–Kier alpha value is -2.08. The summed E-state index contributed by atoms with van der Waals surface area (Å²) in [6.07, 6.45) is 17.9.